The highest BCUT2D eigenvalue weighted by Gasteiger charge is 2.09. The minimum atomic E-state index is -0.122. The largest absolute Gasteiger partial charge is 0.323 e. The third kappa shape index (κ3) is 5.36. The van der Waals surface area contributed by atoms with Gasteiger partial charge in [-0.25, -0.2) is 9.78 Å². The van der Waals surface area contributed by atoms with Gasteiger partial charge >= 0.3 is 6.03 Å². The summed E-state index contributed by atoms with van der Waals surface area (Å²) >= 11 is 1.67. The molecule has 0 aliphatic rings. The summed E-state index contributed by atoms with van der Waals surface area (Å²) in [5.41, 5.74) is 3.05. The van der Waals surface area contributed by atoms with Gasteiger partial charge in [0.2, 0.25) is 0 Å². The molecule has 132 valence electrons. The quantitative estimate of drug-likeness (QED) is 0.624. The van der Waals surface area contributed by atoms with Gasteiger partial charge < -0.3 is 10.2 Å². The molecule has 0 saturated heterocycles. The van der Waals surface area contributed by atoms with Gasteiger partial charge in [0.05, 0.1) is 5.03 Å². The molecule has 1 N–H and O–H groups in total. The number of rotatable bonds is 6. The van der Waals surface area contributed by atoms with E-state index < -0.39 is 0 Å². The Labute approximate surface area is 158 Å². The van der Waals surface area contributed by atoms with Crippen LogP contribution in [-0.2, 0) is 12.3 Å². The zero-order valence-corrected chi connectivity index (χ0v) is 15.4. The summed E-state index contributed by atoms with van der Waals surface area (Å²) in [5.74, 6) is 0.806. The first-order chi connectivity index (χ1) is 12.7. The number of nitrogens with one attached hydrogen (secondary N) is 1. The van der Waals surface area contributed by atoms with Crippen molar-refractivity contribution in [2.24, 2.45) is 0 Å². The Morgan fingerprint density at radius 3 is 2.54 bits per heavy atom. The number of nitrogens with zero attached hydrogens (tertiary/aromatic N) is 2. The van der Waals surface area contributed by atoms with Crippen molar-refractivity contribution in [2.75, 3.05) is 12.4 Å². The Hall–Kier alpha value is -2.79. The molecule has 0 fully saturated rings. The molecule has 0 bridgehead atoms. The molecule has 4 nitrogen and oxygen atoms in total. The molecule has 3 aromatic rings. The molecule has 0 unspecified atom stereocenters. The maximum atomic E-state index is 12.4. The van der Waals surface area contributed by atoms with E-state index in [0.717, 1.165) is 27.6 Å². The second-order valence-electron chi connectivity index (χ2n) is 5.93. The highest BCUT2D eigenvalue weighted by molar-refractivity contribution is 7.98. The van der Waals surface area contributed by atoms with Crippen LogP contribution in [0.15, 0.2) is 84.0 Å². The van der Waals surface area contributed by atoms with E-state index in [2.05, 4.69) is 16.4 Å². The first kappa shape index (κ1) is 18.0. The maximum absolute atomic E-state index is 12.4. The van der Waals surface area contributed by atoms with Crippen LogP contribution in [0.3, 0.4) is 0 Å². The molecular formula is C21H21N3OS. The number of hydrogen-bond donors (Lipinski definition) is 1. The minimum Gasteiger partial charge on any atom is -0.323 e. The number of pyridine rings is 1. The van der Waals surface area contributed by atoms with Gasteiger partial charge in [0, 0.05) is 31.2 Å². The van der Waals surface area contributed by atoms with Gasteiger partial charge in [-0.2, -0.15) is 0 Å². The molecule has 0 aliphatic heterocycles. The van der Waals surface area contributed by atoms with Crippen LogP contribution in [0.2, 0.25) is 0 Å². The highest BCUT2D eigenvalue weighted by atomic mass is 32.2. The topological polar surface area (TPSA) is 45.2 Å². The predicted molar refractivity (Wildman–Crippen MR) is 107 cm³/mol. The van der Waals surface area contributed by atoms with Gasteiger partial charge in [-0.05, 0) is 35.4 Å². The van der Waals surface area contributed by atoms with E-state index >= 15 is 0 Å². The van der Waals surface area contributed by atoms with Gasteiger partial charge in [0.15, 0.2) is 0 Å². The molecule has 0 atom stereocenters. The number of urea groups is 1. The van der Waals surface area contributed by atoms with Gasteiger partial charge in [0.25, 0.3) is 0 Å². The number of aromatic nitrogens is 1. The van der Waals surface area contributed by atoms with Crippen molar-refractivity contribution in [3.05, 3.63) is 90.1 Å². The highest BCUT2D eigenvalue weighted by Crippen LogP contribution is 2.22. The van der Waals surface area contributed by atoms with Crippen LogP contribution >= 0.6 is 11.8 Å². The summed E-state index contributed by atoms with van der Waals surface area (Å²) in [6.07, 6.45) is 1.79. The Morgan fingerprint density at radius 1 is 1.00 bits per heavy atom. The number of carbonyl (C=O) groups excluding carboxylic acids is 1. The van der Waals surface area contributed by atoms with Crippen molar-refractivity contribution in [2.45, 2.75) is 17.3 Å². The van der Waals surface area contributed by atoms with Gasteiger partial charge in [-0.1, -0.05) is 48.5 Å². The summed E-state index contributed by atoms with van der Waals surface area (Å²) in [6, 6.07) is 23.6. The molecule has 2 aromatic carbocycles. The lowest BCUT2D eigenvalue weighted by Gasteiger charge is -2.18. The third-order valence-corrected chi connectivity index (χ3v) is 4.83. The van der Waals surface area contributed by atoms with Crippen LogP contribution in [0.5, 0.6) is 0 Å². The van der Waals surface area contributed by atoms with Gasteiger partial charge in [-0.3, -0.25) is 0 Å². The van der Waals surface area contributed by atoms with Crippen LogP contribution in [0.4, 0.5) is 10.5 Å². The monoisotopic (exact) mass is 363 g/mol. The average Bonchev–Trinajstić information content (AvgIpc) is 2.68. The number of thioether (sulfide) groups is 1. The van der Waals surface area contributed by atoms with Crippen LogP contribution in [-0.4, -0.2) is 23.0 Å². The average molecular weight is 363 g/mol. The number of amides is 2. The SMILES string of the molecule is CN(Cc1ccccc1)C(=O)Nc1cccc(CSc2ccccn2)c1. The molecule has 0 radical (unpaired) electrons. The summed E-state index contributed by atoms with van der Waals surface area (Å²) in [4.78, 5) is 18.4. The zero-order chi connectivity index (χ0) is 18.2. The van der Waals surface area contributed by atoms with E-state index in [0.29, 0.717) is 6.54 Å². The molecule has 1 heterocycles. The number of benzene rings is 2. The molecule has 2 amide bonds. The number of hydrogen-bond acceptors (Lipinski definition) is 3. The number of anilines is 1. The molecule has 3 rings (SSSR count). The Bertz CT molecular complexity index is 840. The summed E-state index contributed by atoms with van der Waals surface area (Å²) in [7, 11) is 1.79. The molecule has 0 aliphatic carbocycles. The molecule has 26 heavy (non-hydrogen) atoms. The van der Waals surface area contributed by atoms with Gasteiger partial charge in [-0.15, -0.1) is 11.8 Å². The summed E-state index contributed by atoms with van der Waals surface area (Å²) in [6.45, 7) is 0.571. The predicted octanol–water partition coefficient (Wildman–Crippen LogP) is 5.04. The third-order valence-electron chi connectivity index (χ3n) is 3.81. The van der Waals surface area contributed by atoms with E-state index in [4.69, 9.17) is 0 Å². The first-order valence-electron chi connectivity index (χ1n) is 8.39. The van der Waals surface area contributed by atoms with Crippen LogP contribution < -0.4 is 5.32 Å². The van der Waals surface area contributed by atoms with Crippen LogP contribution in [0, 0.1) is 0 Å². The lowest BCUT2D eigenvalue weighted by molar-refractivity contribution is 0.220. The first-order valence-corrected chi connectivity index (χ1v) is 9.38. The van der Waals surface area contributed by atoms with E-state index in [-0.39, 0.29) is 6.03 Å². The minimum absolute atomic E-state index is 0.122. The summed E-state index contributed by atoms with van der Waals surface area (Å²) < 4.78 is 0. The molecular weight excluding hydrogens is 342 g/mol. The lowest BCUT2D eigenvalue weighted by Crippen LogP contribution is -2.30. The van der Waals surface area contributed by atoms with Crippen molar-refractivity contribution >= 4 is 23.5 Å². The van der Waals surface area contributed by atoms with Crippen molar-refractivity contribution in [3.63, 3.8) is 0 Å². The fraction of sp³-hybridized carbons (Fsp3) is 0.143. The Balaban J connectivity index is 1.56. The standard InChI is InChI=1S/C21H21N3OS/c1-24(15-17-8-3-2-4-9-17)21(25)23-19-11-7-10-18(14-19)16-26-20-12-5-6-13-22-20/h2-14H,15-16H2,1H3,(H,23,25). The van der Waals surface area contributed by atoms with Gasteiger partial charge in [0.1, 0.15) is 0 Å². The molecule has 5 heteroatoms. The van der Waals surface area contributed by atoms with E-state index in [9.17, 15) is 4.79 Å². The molecule has 1 aromatic heterocycles. The Kier molecular flexibility index (Phi) is 6.28. The van der Waals surface area contributed by atoms with E-state index in [1.165, 1.54) is 0 Å². The molecule has 0 saturated carbocycles. The van der Waals surface area contributed by atoms with E-state index in [1.807, 2.05) is 66.7 Å². The smallest absolute Gasteiger partial charge is 0.321 e. The molecule has 0 spiro atoms. The number of carbonyl (C=O) groups is 1. The lowest BCUT2D eigenvalue weighted by atomic mass is 10.2. The van der Waals surface area contributed by atoms with Crippen molar-refractivity contribution < 1.29 is 4.79 Å². The van der Waals surface area contributed by atoms with Crippen molar-refractivity contribution in [1.82, 2.24) is 9.88 Å². The van der Waals surface area contributed by atoms with Crippen LogP contribution in [0.25, 0.3) is 0 Å². The second kappa shape index (κ2) is 9.06. The van der Waals surface area contributed by atoms with Crippen LogP contribution in [0.1, 0.15) is 11.1 Å². The van der Waals surface area contributed by atoms with E-state index in [1.54, 1.807) is 29.9 Å². The second-order valence-corrected chi connectivity index (χ2v) is 6.92. The Morgan fingerprint density at radius 2 is 1.77 bits per heavy atom. The zero-order valence-electron chi connectivity index (χ0n) is 14.6. The summed E-state index contributed by atoms with van der Waals surface area (Å²) in [5, 5.41) is 3.95. The fourth-order valence-electron chi connectivity index (χ4n) is 2.48. The normalized spacial score (nSPS) is 10.3. The fourth-order valence-corrected chi connectivity index (χ4v) is 3.28. The maximum Gasteiger partial charge on any atom is 0.321 e. The van der Waals surface area contributed by atoms with Crippen molar-refractivity contribution in [1.29, 1.82) is 0 Å². The van der Waals surface area contributed by atoms with Crippen molar-refractivity contribution in [3.8, 4) is 0 Å².